The summed E-state index contributed by atoms with van der Waals surface area (Å²) in [5, 5.41) is 2.61. The molecule has 63 heavy (non-hydrogen) atoms. The van der Waals surface area contributed by atoms with Crippen molar-refractivity contribution in [3.8, 4) is 17.1 Å². The average Bonchev–Trinajstić information content (AvgIpc) is 3.81. The maximum Gasteiger partial charge on any atom is 0.416 e. The molecular weight excluding hydrogens is 808 g/mol. The van der Waals surface area contributed by atoms with E-state index in [1.807, 2.05) is 36.7 Å². The molecule has 7 rings (SSSR count). The molecule has 3 amide bonds. The van der Waals surface area contributed by atoms with E-state index >= 15 is 0 Å². The first-order valence-electron chi connectivity index (χ1n) is 22.1. The molecule has 1 aromatic heterocycles. The lowest BCUT2D eigenvalue weighted by molar-refractivity contribution is -0.138. The molecule has 3 aliphatic rings. The van der Waals surface area contributed by atoms with E-state index in [2.05, 4.69) is 18.3 Å². The fraction of sp³-hybridized carbons (Fsp3) is 0.440. The molecule has 2 heterocycles. The van der Waals surface area contributed by atoms with E-state index in [1.54, 1.807) is 4.90 Å². The highest BCUT2D eigenvalue weighted by molar-refractivity contribution is 5.98. The van der Waals surface area contributed by atoms with Crippen LogP contribution in [0.3, 0.4) is 0 Å². The van der Waals surface area contributed by atoms with Crippen molar-refractivity contribution in [3.05, 3.63) is 113 Å². The third kappa shape index (κ3) is 11.4. The van der Waals surface area contributed by atoms with Crippen LogP contribution in [0, 0.1) is 23.7 Å². The van der Waals surface area contributed by atoms with Crippen LogP contribution in [0.2, 0.25) is 0 Å². The molecule has 13 heteroatoms. The molecular formula is C50H56F3N5O5. The van der Waals surface area contributed by atoms with Crippen molar-refractivity contribution >= 4 is 34.8 Å². The second-order valence-electron chi connectivity index (χ2n) is 17.4. The number of nitrogens with zero attached hydrogens (tertiary/aromatic N) is 4. The lowest BCUT2D eigenvalue weighted by atomic mass is 9.71. The number of ketones is 1. The van der Waals surface area contributed by atoms with Gasteiger partial charge in [-0.25, -0.2) is 9.97 Å². The standard InChI is InChI=1S/C50H56F3N5O5/c1-4-33-5-9-35(10-6-33)36-13-15-37(16-14-36)42-27-54-48(55-28-42)38-11-7-34(8-12-38)29-58(31-47(61)57-24-23-41(30-57)32(2)59)49(62)39-17-20-43(21-18-39)56-46(60)25-40-19-22-44(63-3)26-45(40)50(51,52)53/h7-8,11-12,15,17-22,26-28,33,35-36,41H,4-6,9-10,13-14,16,23-25,29-31H2,1-3H3,(H,56,60)/t33?,35?,36?,41-/m0/s1. The van der Waals surface area contributed by atoms with Crippen LogP contribution < -0.4 is 10.1 Å². The van der Waals surface area contributed by atoms with Crippen molar-refractivity contribution in [3.63, 3.8) is 0 Å². The van der Waals surface area contributed by atoms with Crippen LogP contribution in [0.4, 0.5) is 18.9 Å². The number of aromatic nitrogens is 2. The second-order valence-corrected chi connectivity index (χ2v) is 17.4. The zero-order chi connectivity index (χ0) is 44.7. The summed E-state index contributed by atoms with van der Waals surface area (Å²) in [6.45, 7) is 4.43. The molecule has 1 aliphatic heterocycles. The Morgan fingerprint density at radius 2 is 1.59 bits per heavy atom. The predicted molar refractivity (Wildman–Crippen MR) is 235 cm³/mol. The molecule has 332 valence electrons. The number of alkyl halides is 3. The number of Topliss-reactive ketones (excluding diaryl/α,β-unsaturated/α-hetero) is 1. The molecule has 1 saturated carbocycles. The summed E-state index contributed by atoms with van der Waals surface area (Å²) in [6, 6.07) is 16.9. The first-order chi connectivity index (χ1) is 30.3. The smallest absolute Gasteiger partial charge is 0.416 e. The van der Waals surface area contributed by atoms with Crippen LogP contribution in [-0.2, 0) is 33.5 Å². The minimum absolute atomic E-state index is 0.0214. The third-order valence-electron chi connectivity index (χ3n) is 13.3. The van der Waals surface area contributed by atoms with Crippen LogP contribution in [0.5, 0.6) is 5.75 Å². The predicted octanol–water partition coefficient (Wildman–Crippen LogP) is 9.83. The van der Waals surface area contributed by atoms with Crippen molar-refractivity contribution < 1.29 is 37.1 Å². The maximum atomic E-state index is 14.1. The molecule has 1 N–H and O–H groups in total. The van der Waals surface area contributed by atoms with E-state index in [9.17, 15) is 32.3 Å². The molecule has 0 bridgehead atoms. The number of carbonyl (C=O) groups excluding carboxylic acids is 4. The first-order valence-corrected chi connectivity index (χ1v) is 22.1. The Kier molecular flexibility index (Phi) is 14.4. The van der Waals surface area contributed by atoms with Crippen LogP contribution in [-0.4, -0.2) is 70.0 Å². The Balaban J connectivity index is 1.00. The molecule has 10 nitrogen and oxygen atoms in total. The Labute approximate surface area is 367 Å². The first kappa shape index (κ1) is 45.2. The molecule has 2 aliphatic carbocycles. The average molecular weight is 864 g/mol. The van der Waals surface area contributed by atoms with Gasteiger partial charge in [-0.05, 0) is 116 Å². The zero-order valence-electron chi connectivity index (χ0n) is 36.3. The Hall–Kier alpha value is -5.85. The monoisotopic (exact) mass is 863 g/mol. The van der Waals surface area contributed by atoms with Crippen LogP contribution in [0.15, 0.2) is 85.2 Å². The summed E-state index contributed by atoms with van der Waals surface area (Å²) in [4.78, 5) is 65.0. The molecule has 3 aromatic carbocycles. The number of nitrogens with one attached hydrogen (secondary N) is 1. The van der Waals surface area contributed by atoms with Gasteiger partial charge in [0.1, 0.15) is 18.1 Å². The van der Waals surface area contributed by atoms with Gasteiger partial charge in [0, 0.05) is 60.3 Å². The summed E-state index contributed by atoms with van der Waals surface area (Å²) in [7, 11) is 1.26. The number of anilines is 1. The van der Waals surface area contributed by atoms with E-state index in [-0.39, 0.29) is 53.3 Å². The van der Waals surface area contributed by atoms with Gasteiger partial charge in [0.05, 0.1) is 19.1 Å². The van der Waals surface area contributed by atoms with Crippen molar-refractivity contribution in [1.82, 2.24) is 19.8 Å². The number of hydrogen-bond acceptors (Lipinski definition) is 7. The highest BCUT2D eigenvalue weighted by Crippen LogP contribution is 2.42. The number of ether oxygens (including phenoxy) is 1. The summed E-state index contributed by atoms with van der Waals surface area (Å²) < 4.78 is 46.1. The zero-order valence-corrected chi connectivity index (χ0v) is 36.3. The second kappa shape index (κ2) is 20.1. The molecule has 0 spiro atoms. The number of hydrogen-bond donors (Lipinski definition) is 1. The molecule has 1 saturated heterocycles. The van der Waals surface area contributed by atoms with Gasteiger partial charge >= 0.3 is 6.18 Å². The Morgan fingerprint density at radius 1 is 0.873 bits per heavy atom. The van der Waals surface area contributed by atoms with Gasteiger partial charge < -0.3 is 19.9 Å². The van der Waals surface area contributed by atoms with E-state index in [1.165, 1.54) is 99.4 Å². The number of carbonyl (C=O) groups is 4. The largest absolute Gasteiger partial charge is 0.497 e. The molecule has 1 unspecified atom stereocenters. The fourth-order valence-electron chi connectivity index (χ4n) is 9.37. The van der Waals surface area contributed by atoms with E-state index in [0.717, 1.165) is 53.4 Å². The van der Waals surface area contributed by atoms with Crippen molar-refractivity contribution in [2.24, 2.45) is 23.7 Å². The van der Waals surface area contributed by atoms with Gasteiger partial charge in [-0.2, -0.15) is 13.2 Å². The molecule has 2 atom stereocenters. The van der Waals surface area contributed by atoms with Crippen molar-refractivity contribution in [2.75, 3.05) is 32.1 Å². The highest BCUT2D eigenvalue weighted by atomic mass is 19.4. The summed E-state index contributed by atoms with van der Waals surface area (Å²) in [6.07, 6.45) is 11.7. The number of allylic oxidation sites excluding steroid dienone is 2. The molecule has 0 radical (unpaired) electrons. The maximum absolute atomic E-state index is 14.1. The Morgan fingerprint density at radius 3 is 2.19 bits per heavy atom. The van der Waals surface area contributed by atoms with Crippen LogP contribution in [0.1, 0.15) is 104 Å². The topological polar surface area (TPSA) is 122 Å². The number of amides is 3. The van der Waals surface area contributed by atoms with E-state index in [0.29, 0.717) is 25.3 Å². The quantitative estimate of drug-likeness (QED) is 0.134. The lowest BCUT2D eigenvalue weighted by Gasteiger charge is -2.35. The van der Waals surface area contributed by atoms with Gasteiger partial charge in [0.2, 0.25) is 11.8 Å². The number of likely N-dealkylation sites (tertiary alicyclic amines) is 1. The van der Waals surface area contributed by atoms with Crippen LogP contribution in [0.25, 0.3) is 17.0 Å². The lowest BCUT2D eigenvalue weighted by Crippen LogP contribution is -2.42. The number of rotatable bonds is 14. The van der Waals surface area contributed by atoms with Gasteiger partial charge in [-0.1, -0.05) is 62.6 Å². The van der Waals surface area contributed by atoms with E-state index < -0.39 is 30.0 Å². The van der Waals surface area contributed by atoms with Crippen LogP contribution >= 0.6 is 0 Å². The minimum Gasteiger partial charge on any atom is -0.497 e. The summed E-state index contributed by atoms with van der Waals surface area (Å²) in [5.41, 5.74) is 3.30. The SMILES string of the molecule is CCC1CCC(C2CC=C(c3cnc(-c4ccc(CN(CC(=O)N5CC[C@H](C(C)=O)C5)C(=O)c5ccc(NC(=O)Cc6ccc(OC)cc6C(F)(F)F)cc5)cc4)nc3)CC2)CC1. The van der Waals surface area contributed by atoms with Crippen molar-refractivity contribution in [2.45, 2.75) is 90.8 Å². The van der Waals surface area contributed by atoms with Gasteiger partial charge in [0.15, 0.2) is 5.82 Å². The third-order valence-corrected chi connectivity index (χ3v) is 13.3. The number of halogens is 3. The van der Waals surface area contributed by atoms with E-state index in [4.69, 9.17) is 14.7 Å². The van der Waals surface area contributed by atoms with Crippen molar-refractivity contribution in [1.29, 1.82) is 0 Å². The minimum atomic E-state index is -4.68. The van der Waals surface area contributed by atoms with Gasteiger partial charge in [-0.15, -0.1) is 0 Å². The highest BCUT2D eigenvalue weighted by Gasteiger charge is 2.35. The number of benzene rings is 3. The van der Waals surface area contributed by atoms with Gasteiger partial charge in [0.25, 0.3) is 5.91 Å². The summed E-state index contributed by atoms with van der Waals surface area (Å²) >= 11 is 0. The van der Waals surface area contributed by atoms with Gasteiger partial charge in [-0.3, -0.25) is 19.2 Å². The summed E-state index contributed by atoms with van der Waals surface area (Å²) in [5.74, 6) is 1.53. The molecule has 4 aromatic rings. The Bertz CT molecular complexity index is 2290. The normalized spacial score (nSPS) is 20.2. The number of methoxy groups -OCH3 is 1. The fourth-order valence-corrected chi connectivity index (χ4v) is 9.37. The molecule has 2 fully saturated rings.